The van der Waals surface area contributed by atoms with E-state index in [0.29, 0.717) is 5.02 Å². The van der Waals surface area contributed by atoms with E-state index in [2.05, 4.69) is 0 Å². The van der Waals surface area contributed by atoms with Gasteiger partial charge in [-0.15, -0.1) is 0 Å². The molecule has 0 bridgehead atoms. The van der Waals surface area contributed by atoms with Gasteiger partial charge in [0.15, 0.2) is 0 Å². The van der Waals surface area contributed by atoms with Crippen LogP contribution in [-0.4, -0.2) is 5.11 Å². The first kappa shape index (κ1) is 10.9. The minimum atomic E-state index is -0.749. The van der Waals surface area contributed by atoms with Crippen molar-refractivity contribution in [3.8, 4) is 0 Å². The summed E-state index contributed by atoms with van der Waals surface area (Å²) in [6.07, 6.45) is 3.42. The van der Waals surface area contributed by atoms with Crippen LogP contribution in [-0.2, 0) is 0 Å². The number of aliphatic hydroxyl groups excluding tert-OH is 1. The molecule has 1 nitrogen and oxygen atoms in total. The predicted molar refractivity (Wildman–Crippen MR) is 58.3 cm³/mol. The van der Waals surface area contributed by atoms with E-state index in [0.717, 1.165) is 25.7 Å². The lowest BCUT2D eigenvalue weighted by molar-refractivity contribution is 0.108. The summed E-state index contributed by atoms with van der Waals surface area (Å²) in [7, 11) is 0. The molecule has 1 saturated carbocycles. The van der Waals surface area contributed by atoms with Crippen LogP contribution in [0.15, 0.2) is 18.2 Å². The minimum Gasteiger partial charge on any atom is -0.388 e. The van der Waals surface area contributed by atoms with Gasteiger partial charge in [-0.2, -0.15) is 0 Å². The summed E-state index contributed by atoms with van der Waals surface area (Å²) < 4.78 is 13.5. The van der Waals surface area contributed by atoms with Crippen LogP contribution in [0.1, 0.15) is 37.4 Å². The third kappa shape index (κ3) is 2.16. The Bertz CT molecular complexity index is 327. The van der Waals surface area contributed by atoms with Gasteiger partial charge in [0.25, 0.3) is 0 Å². The van der Waals surface area contributed by atoms with Crippen LogP contribution < -0.4 is 0 Å². The Hall–Kier alpha value is -0.600. The Morgan fingerprint density at radius 2 is 2.00 bits per heavy atom. The van der Waals surface area contributed by atoms with E-state index >= 15 is 0 Å². The second-order valence-electron chi connectivity index (χ2n) is 4.12. The van der Waals surface area contributed by atoms with Crippen molar-refractivity contribution in [2.45, 2.75) is 31.8 Å². The molecule has 1 aromatic rings. The fraction of sp³-hybridized carbons (Fsp3) is 0.500. The second kappa shape index (κ2) is 4.50. The molecular formula is C12H14ClFO. The molecule has 1 aliphatic rings. The molecular weight excluding hydrogens is 215 g/mol. The zero-order valence-corrected chi connectivity index (χ0v) is 9.17. The van der Waals surface area contributed by atoms with Crippen molar-refractivity contribution in [1.82, 2.24) is 0 Å². The molecule has 1 aromatic carbocycles. The van der Waals surface area contributed by atoms with Crippen LogP contribution in [0, 0.1) is 11.7 Å². The van der Waals surface area contributed by atoms with Crippen LogP contribution in [0.4, 0.5) is 4.39 Å². The molecule has 2 rings (SSSR count). The number of hydrogen-bond donors (Lipinski definition) is 1. The third-order valence-corrected chi connectivity index (χ3v) is 3.47. The molecule has 1 N–H and O–H groups in total. The number of hydrogen-bond acceptors (Lipinski definition) is 1. The SMILES string of the molecule is OC(c1c(F)cccc1Cl)C1CCCC1. The summed E-state index contributed by atoms with van der Waals surface area (Å²) in [5, 5.41) is 10.4. The van der Waals surface area contributed by atoms with Crippen LogP contribution in [0.25, 0.3) is 0 Å². The summed E-state index contributed by atoms with van der Waals surface area (Å²) in [4.78, 5) is 0. The Morgan fingerprint density at radius 3 is 2.60 bits per heavy atom. The monoisotopic (exact) mass is 228 g/mol. The summed E-state index contributed by atoms with van der Waals surface area (Å²) in [6, 6.07) is 4.53. The first-order valence-electron chi connectivity index (χ1n) is 5.32. The smallest absolute Gasteiger partial charge is 0.130 e. The van der Waals surface area contributed by atoms with Crippen molar-refractivity contribution < 1.29 is 9.50 Å². The number of halogens is 2. The molecule has 1 aliphatic carbocycles. The summed E-state index contributed by atoms with van der Waals surface area (Å²) >= 11 is 5.90. The molecule has 1 fully saturated rings. The molecule has 0 heterocycles. The fourth-order valence-corrected chi connectivity index (χ4v) is 2.58. The van der Waals surface area contributed by atoms with E-state index in [1.807, 2.05) is 0 Å². The van der Waals surface area contributed by atoms with Crippen LogP contribution in [0.5, 0.6) is 0 Å². The number of aliphatic hydroxyl groups is 1. The first-order valence-corrected chi connectivity index (χ1v) is 5.70. The van der Waals surface area contributed by atoms with Gasteiger partial charge in [-0.05, 0) is 30.9 Å². The van der Waals surface area contributed by atoms with Gasteiger partial charge in [0.05, 0.1) is 6.10 Å². The van der Waals surface area contributed by atoms with E-state index in [9.17, 15) is 9.50 Å². The van der Waals surface area contributed by atoms with Crippen LogP contribution in [0.2, 0.25) is 5.02 Å². The zero-order chi connectivity index (χ0) is 10.8. The van der Waals surface area contributed by atoms with E-state index in [4.69, 9.17) is 11.6 Å². The second-order valence-corrected chi connectivity index (χ2v) is 4.53. The summed E-state index contributed by atoms with van der Waals surface area (Å²) in [6.45, 7) is 0. The Balaban J connectivity index is 2.27. The maximum absolute atomic E-state index is 13.5. The number of rotatable bonds is 2. The van der Waals surface area contributed by atoms with Crippen molar-refractivity contribution in [3.05, 3.63) is 34.6 Å². The molecule has 15 heavy (non-hydrogen) atoms. The van der Waals surface area contributed by atoms with Gasteiger partial charge < -0.3 is 5.11 Å². The van der Waals surface area contributed by atoms with Gasteiger partial charge in [-0.3, -0.25) is 0 Å². The van der Waals surface area contributed by atoms with Gasteiger partial charge in [0.2, 0.25) is 0 Å². The first-order chi connectivity index (χ1) is 7.20. The van der Waals surface area contributed by atoms with Crippen molar-refractivity contribution in [2.24, 2.45) is 5.92 Å². The van der Waals surface area contributed by atoms with Crippen molar-refractivity contribution in [1.29, 1.82) is 0 Å². The molecule has 0 saturated heterocycles. The minimum absolute atomic E-state index is 0.166. The molecule has 0 radical (unpaired) electrons. The molecule has 3 heteroatoms. The standard InChI is InChI=1S/C12H14ClFO/c13-9-6-3-7-10(14)11(9)12(15)8-4-1-2-5-8/h3,6-8,12,15H,1-2,4-5H2. The largest absolute Gasteiger partial charge is 0.388 e. The molecule has 0 spiro atoms. The van der Waals surface area contributed by atoms with E-state index in [-0.39, 0.29) is 11.5 Å². The van der Waals surface area contributed by atoms with Gasteiger partial charge >= 0.3 is 0 Å². The van der Waals surface area contributed by atoms with E-state index in [1.165, 1.54) is 6.07 Å². The van der Waals surface area contributed by atoms with Crippen LogP contribution >= 0.6 is 11.6 Å². The summed E-state index contributed by atoms with van der Waals surface area (Å²) in [5.41, 5.74) is 0.270. The lowest BCUT2D eigenvalue weighted by Gasteiger charge is -2.19. The predicted octanol–water partition coefficient (Wildman–Crippen LogP) is 3.70. The van der Waals surface area contributed by atoms with E-state index < -0.39 is 11.9 Å². The highest BCUT2D eigenvalue weighted by molar-refractivity contribution is 6.31. The summed E-state index contributed by atoms with van der Waals surface area (Å²) in [5.74, 6) is -0.235. The van der Waals surface area contributed by atoms with Gasteiger partial charge in [-0.25, -0.2) is 4.39 Å². The highest BCUT2D eigenvalue weighted by Gasteiger charge is 2.27. The maximum Gasteiger partial charge on any atom is 0.130 e. The van der Waals surface area contributed by atoms with Crippen molar-refractivity contribution >= 4 is 11.6 Å². The Labute approximate surface area is 93.9 Å². The maximum atomic E-state index is 13.5. The molecule has 82 valence electrons. The topological polar surface area (TPSA) is 20.2 Å². The molecule has 1 unspecified atom stereocenters. The third-order valence-electron chi connectivity index (χ3n) is 3.14. The quantitative estimate of drug-likeness (QED) is 0.818. The van der Waals surface area contributed by atoms with Gasteiger partial charge in [-0.1, -0.05) is 30.5 Å². The van der Waals surface area contributed by atoms with Gasteiger partial charge in [0.1, 0.15) is 5.82 Å². The highest BCUT2D eigenvalue weighted by atomic mass is 35.5. The van der Waals surface area contributed by atoms with Crippen molar-refractivity contribution in [2.75, 3.05) is 0 Å². The number of benzene rings is 1. The highest BCUT2D eigenvalue weighted by Crippen LogP contribution is 2.38. The molecule has 0 aromatic heterocycles. The lowest BCUT2D eigenvalue weighted by Crippen LogP contribution is -2.11. The lowest BCUT2D eigenvalue weighted by atomic mass is 9.94. The molecule has 0 aliphatic heterocycles. The molecule has 0 amide bonds. The Morgan fingerprint density at radius 1 is 1.33 bits per heavy atom. The molecule has 1 atom stereocenters. The van der Waals surface area contributed by atoms with E-state index in [1.54, 1.807) is 12.1 Å². The normalized spacial score (nSPS) is 19.4. The van der Waals surface area contributed by atoms with Crippen molar-refractivity contribution in [3.63, 3.8) is 0 Å². The average molecular weight is 229 g/mol. The zero-order valence-electron chi connectivity index (χ0n) is 8.42. The van der Waals surface area contributed by atoms with Crippen LogP contribution in [0.3, 0.4) is 0 Å². The van der Waals surface area contributed by atoms with Gasteiger partial charge in [0, 0.05) is 10.6 Å². The fourth-order valence-electron chi connectivity index (χ4n) is 2.30. The average Bonchev–Trinajstić information content (AvgIpc) is 2.69. The Kier molecular flexibility index (Phi) is 3.27.